The lowest BCUT2D eigenvalue weighted by atomic mass is 10.0. The minimum atomic E-state index is -0.598. The monoisotopic (exact) mass is 508 g/mol. The highest BCUT2D eigenvalue weighted by Crippen LogP contribution is 2.22. The summed E-state index contributed by atoms with van der Waals surface area (Å²) in [6.07, 6.45) is 1.63. The molecule has 0 aliphatic rings. The topological polar surface area (TPSA) is 49.4 Å². The van der Waals surface area contributed by atoms with Gasteiger partial charge in [0, 0.05) is 41.1 Å². The van der Waals surface area contributed by atoms with Gasteiger partial charge in [0.15, 0.2) is 0 Å². The summed E-state index contributed by atoms with van der Waals surface area (Å²) >= 11 is 7.60. The Hall–Kier alpha value is -2.76. The van der Waals surface area contributed by atoms with Crippen molar-refractivity contribution in [1.82, 2.24) is 10.2 Å². The van der Waals surface area contributed by atoms with Gasteiger partial charge in [0.1, 0.15) is 6.04 Å². The molecule has 0 bridgehead atoms. The van der Waals surface area contributed by atoms with Gasteiger partial charge in [-0.25, -0.2) is 0 Å². The Balaban J connectivity index is 1.82. The Morgan fingerprint density at radius 2 is 1.51 bits per heavy atom. The van der Waals surface area contributed by atoms with Crippen LogP contribution in [0, 0.1) is 0 Å². The number of carbonyl (C=O) groups excluding carboxylic acids is 2. The molecule has 0 spiro atoms. The Morgan fingerprint density at radius 3 is 2.11 bits per heavy atom. The summed E-state index contributed by atoms with van der Waals surface area (Å²) in [4.78, 5) is 29.9. The molecule has 0 saturated heterocycles. The molecule has 2 atom stereocenters. The van der Waals surface area contributed by atoms with Crippen LogP contribution in [0.1, 0.15) is 37.8 Å². The summed E-state index contributed by atoms with van der Waals surface area (Å²) < 4.78 is 0. The molecule has 0 aliphatic carbocycles. The van der Waals surface area contributed by atoms with Crippen LogP contribution in [-0.2, 0) is 22.6 Å². The van der Waals surface area contributed by atoms with E-state index in [0.717, 1.165) is 22.4 Å². The molecule has 0 fully saturated rings. The van der Waals surface area contributed by atoms with Crippen molar-refractivity contribution in [2.45, 2.75) is 56.6 Å². The first-order chi connectivity index (χ1) is 17.0. The largest absolute Gasteiger partial charge is 0.352 e. The first-order valence-corrected chi connectivity index (χ1v) is 13.4. The van der Waals surface area contributed by atoms with Crippen LogP contribution in [0.25, 0.3) is 0 Å². The van der Waals surface area contributed by atoms with Crippen LogP contribution in [0.2, 0.25) is 5.02 Å². The number of hydrogen-bond donors (Lipinski definition) is 1. The fraction of sp³-hybridized carbons (Fsp3) is 0.310. The second-order valence-corrected chi connectivity index (χ2v) is 10.2. The number of nitrogens with zero attached hydrogens (tertiary/aromatic N) is 1. The number of hydrogen-bond acceptors (Lipinski definition) is 3. The SMILES string of the molecule is CC[C@@H](C)NC(=O)[C@@H](Cc1ccccc1)N(Cc1ccccc1)C(=O)CCSc1ccc(Cl)cc1. The van der Waals surface area contributed by atoms with Gasteiger partial charge < -0.3 is 10.2 Å². The summed E-state index contributed by atoms with van der Waals surface area (Å²) in [5.74, 6) is 0.477. The number of rotatable bonds is 12. The molecule has 184 valence electrons. The molecule has 3 rings (SSSR count). The molecule has 6 heteroatoms. The van der Waals surface area contributed by atoms with E-state index >= 15 is 0 Å². The fourth-order valence-electron chi connectivity index (χ4n) is 3.71. The second kappa shape index (κ2) is 14.0. The van der Waals surface area contributed by atoms with Gasteiger partial charge in [0.2, 0.25) is 11.8 Å². The normalized spacial score (nSPS) is 12.5. The summed E-state index contributed by atoms with van der Waals surface area (Å²) in [6.45, 7) is 4.42. The molecule has 0 radical (unpaired) electrons. The number of halogens is 1. The van der Waals surface area contributed by atoms with Gasteiger partial charge >= 0.3 is 0 Å². The second-order valence-electron chi connectivity index (χ2n) is 8.58. The Labute approximate surface area is 218 Å². The maximum atomic E-state index is 13.6. The molecular weight excluding hydrogens is 476 g/mol. The number of nitrogens with one attached hydrogen (secondary N) is 1. The third-order valence-electron chi connectivity index (χ3n) is 5.87. The van der Waals surface area contributed by atoms with Crippen LogP contribution in [0.15, 0.2) is 89.8 Å². The van der Waals surface area contributed by atoms with E-state index in [1.807, 2.05) is 98.8 Å². The van der Waals surface area contributed by atoms with Crippen molar-refractivity contribution in [2.75, 3.05) is 5.75 Å². The molecule has 0 heterocycles. The lowest BCUT2D eigenvalue weighted by Gasteiger charge is -2.32. The van der Waals surface area contributed by atoms with Crippen LogP contribution < -0.4 is 5.32 Å². The summed E-state index contributed by atoms with van der Waals surface area (Å²) in [6, 6.07) is 26.8. The highest BCUT2D eigenvalue weighted by Gasteiger charge is 2.30. The van der Waals surface area contributed by atoms with E-state index in [4.69, 9.17) is 11.6 Å². The maximum absolute atomic E-state index is 13.6. The molecule has 0 aromatic heterocycles. The fourth-order valence-corrected chi connectivity index (χ4v) is 4.67. The summed E-state index contributed by atoms with van der Waals surface area (Å²) in [5, 5.41) is 3.80. The molecule has 0 unspecified atom stereocenters. The third-order valence-corrected chi connectivity index (χ3v) is 7.13. The number of thioether (sulfide) groups is 1. The van der Waals surface area contributed by atoms with Crippen LogP contribution in [0.5, 0.6) is 0 Å². The van der Waals surface area contributed by atoms with E-state index in [9.17, 15) is 9.59 Å². The first kappa shape index (κ1) is 26.8. The predicted molar refractivity (Wildman–Crippen MR) is 146 cm³/mol. The molecule has 3 aromatic carbocycles. The number of carbonyl (C=O) groups is 2. The van der Waals surface area contributed by atoms with Crippen LogP contribution in [0.3, 0.4) is 0 Å². The van der Waals surface area contributed by atoms with Crippen molar-refractivity contribution in [3.05, 3.63) is 101 Å². The zero-order valence-electron chi connectivity index (χ0n) is 20.3. The number of amides is 2. The maximum Gasteiger partial charge on any atom is 0.243 e. The lowest BCUT2D eigenvalue weighted by molar-refractivity contribution is -0.141. The Kier molecular flexibility index (Phi) is 10.7. The minimum absolute atomic E-state index is 0.0319. The van der Waals surface area contributed by atoms with E-state index in [1.54, 1.807) is 16.7 Å². The van der Waals surface area contributed by atoms with Gasteiger partial charge in [-0.05, 0) is 48.7 Å². The van der Waals surface area contributed by atoms with Gasteiger partial charge in [-0.3, -0.25) is 9.59 Å². The van der Waals surface area contributed by atoms with E-state index in [0.29, 0.717) is 30.2 Å². The van der Waals surface area contributed by atoms with Gasteiger partial charge in [-0.15, -0.1) is 11.8 Å². The quantitative estimate of drug-likeness (QED) is 0.289. The Morgan fingerprint density at radius 1 is 0.914 bits per heavy atom. The van der Waals surface area contributed by atoms with Crippen molar-refractivity contribution >= 4 is 35.2 Å². The van der Waals surface area contributed by atoms with Gasteiger partial charge in [0.25, 0.3) is 0 Å². The van der Waals surface area contributed by atoms with Gasteiger partial charge in [-0.2, -0.15) is 0 Å². The smallest absolute Gasteiger partial charge is 0.243 e. The average Bonchev–Trinajstić information content (AvgIpc) is 2.88. The lowest BCUT2D eigenvalue weighted by Crippen LogP contribution is -2.52. The standard InChI is InChI=1S/C29H33ClN2O2S/c1-3-22(2)31-29(34)27(20-23-10-6-4-7-11-23)32(21-24-12-8-5-9-13-24)28(33)18-19-35-26-16-14-25(30)15-17-26/h4-17,22,27H,3,18-21H2,1-2H3,(H,31,34)/t22-,27-/m1/s1. The Bertz CT molecular complexity index is 1060. The minimum Gasteiger partial charge on any atom is -0.352 e. The summed E-state index contributed by atoms with van der Waals surface area (Å²) in [5.41, 5.74) is 2.03. The van der Waals surface area contributed by atoms with Crippen molar-refractivity contribution in [3.63, 3.8) is 0 Å². The van der Waals surface area contributed by atoms with Crippen LogP contribution in [-0.4, -0.2) is 34.6 Å². The number of benzene rings is 3. The van der Waals surface area contributed by atoms with Crippen LogP contribution >= 0.6 is 23.4 Å². The average molecular weight is 509 g/mol. The van der Waals surface area contributed by atoms with Crippen molar-refractivity contribution in [2.24, 2.45) is 0 Å². The molecule has 4 nitrogen and oxygen atoms in total. The van der Waals surface area contributed by atoms with Gasteiger partial charge in [0.05, 0.1) is 0 Å². The van der Waals surface area contributed by atoms with E-state index < -0.39 is 6.04 Å². The summed E-state index contributed by atoms with van der Waals surface area (Å²) in [7, 11) is 0. The molecule has 0 saturated carbocycles. The molecular formula is C29H33ClN2O2S. The van der Waals surface area contributed by atoms with Crippen molar-refractivity contribution < 1.29 is 9.59 Å². The van der Waals surface area contributed by atoms with Crippen molar-refractivity contribution in [3.8, 4) is 0 Å². The van der Waals surface area contributed by atoms with E-state index in [1.165, 1.54) is 0 Å². The predicted octanol–water partition coefficient (Wildman–Crippen LogP) is 6.38. The third kappa shape index (κ3) is 8.75. The molecule has 0 aliphatic heterocycles. The van der Waals surface area contributed by atoms with E-state index in [2.05, 4.69) is 5.32 Å². The molecule has 3 aromatic rings. The zero-order chi connectivity index (χ0) is 25.0. The highest BCUT2D eigenvalue weighted by molar-refractivity contribution is 7.99. The highest BCUT2D eigenvalue weighted by atomic mass is 35.5. The van der Waals surface area contributed by atoms with E-state index in [-0.39, 0.29) is 17.9 Å². The molecule has 35 heavy (non-hydrogen) atoms. The van der Waals surface area contributed by atoms with Crippen LogP contribution in [0.4, 0.5) is 0 Å². The molecule has 2 amide bonds. The van der Waals surface area contributed by atoms with Gasteiger partial charge in [-0.1, -0.05) is 79.2 Å². The van der Waals surface area contributed by atoms with Crippen molar-refractivity contribution in [1.29, 1.82) is 0 Å². The molecule has 1 N–H and O–H groups in total. The first-order valence-electron chi connectivity index (χ1n) is 12.0. The zero-order valence-corrected chi connectivity index (χ0v) is 21.9.